The Morgan fingerprint density at radius 1 is 1.21 bits per heavy atom. The third kappa shape index (κ3) is 2.71. The van der Waals surface area contributed by atoms with Crippen molar-refractivity contribution in [1.29, 1.82) is 0 Å². The summed E-state index contributed by atoms with van der Waals surface area (Å²) in [7, 11) is 0. The number of rotatable bonds is 4. The fourth-order valence-corrected chi connectivity index (χ4v) is 3.33. The van der Waals surface area contributed by atoms with E-state index in [0.29, 0.717) is 0 Å². The summed E-state index contributed by atoms with van der Waals surface area (Å²) in [4.78, 5) is 7.86. The van der Waals surface area contributed by atoms with Crippen LogP contribution in [-0.4, -0.2) is 22.4 Å². The topological polar surface area (TPSA) is 40.7 Å². The number of benzene rings is 1. The number of H-pyrrole nitrogens is 1. The number of nitrogens with zero attached hydrogens (tertiary/aromatic N) is 1. The minimum Gasteiger partial charge on any atom is -0.355 e. The van der Waals surface area contributed by atoms with E-state index in [1.807, 2.05) is 24.3 Å². The molecule has 0 amide bonds. The van der Waals surface area contributed by atoms with Crippen molar-refractivity contribution in [1.82, 2.24) is 9.97 Å². The standard InChI is InChI=1S/C15H20ClN3/c16-10-15(8-4-1-5-9-15)11-17-14-18-12-6-2-3-7-13(12)19-14/h2-3,6-7H,1,4-5,8-11H2,(H2,17,18,19). The first-order valence-electron chi connectivity index (χ1n) is 7.06. The molecule has 1 aliphatic rings. The minimum atomic E-state index is 0.249. The van der Waals surface area contributed by atoms with Gasteiger partial charge in [-0.3, -0.25) is 0 Å². The first-order valence-corrected chi connectivity index (χ1v) is 7.59. The second kappa shape index (κ2) is 5.41. The lowest BCUT2D eigenvalue weighted by atomic mass is 9.75. The number of halogens is 1. The number of imidazole rings is 1. The molecule has 1 aromatic heterocycles. The third-order valence-corrected chi connectivity index (χ3v) is 4.78. The van der Waals surface area contributed by atoms with E-state index in [9.17, 15) is 0 Å². The molecule has 0 atom stereocenters. The maximum absolute atomic E-state index is 6.21. The maximum Gasteiger partial charge on any atom is 0.201 e. The van der Waals surface area contributed by atoms with Gasteiger partial charge in [-0.05, 0) is 25.0 Å². The van der Waals surface area contributed by atoms with Crippen LogP contribution in [-0.2, 0) is 0 Å². The number of fused-ring (bicyclic) bond motifs is 1. The highest BCUT2D eigenvalue weighted by Gasteiger charge is 2.31. The van der Waals surface area contributed by atoms with Crippen LogP contribution in [0.25, 0.3) is 11.0 Å². The summed E-state index contributed by atoms with van der Waals surface area (Å²) < 4.78 is 0. The summed E-state index contributed by atoms with van der Waals surface area (Å²) in [5.41, 5.74) is 2.33. The summed E-state index contributed by atoms with van der Waals surface area (Å²) in [5, 5.41) is 3.44. The summed E-state index contributed by atoms with van der Waals surface area (Å²) in [6.07, 6.45) is 6.40. The van der Waals surface area contributed by atoms with E-state index in [1.54, 1.807) is 0 Å². The van der Waals surface area contributed by atoms with Gasteiger partial charge >= 0.3 is 0 Å². The molecule has 0 saturated heterocycles. The van der Waals surface area contributed by atoms with E-state index in [0.717, 1.165) is 29.4 Å². The summed E-state index contributed by atoms with van der Waals surface area (Å²) in [6, 6.07) is 8.10. The molecule has 2 aromatic rings. The third-order valence-electron chi connectivity index (χ3n) is 4.22. The van der Waals surface area contributed by atoms with Gasteiger partial charge in [0.25, 0.3) is 0 Å². The minimum absolute atomic E-state index is 0.249. The van der Waals surface area contributed by atoms with Gasteiger partial charge in [0, 0.05) is 17.8 Å². The maximum atomic E-state index is 6.21. The first kappa shape index (κ1) is 12.8. The van der Waals surface area contributed by atoms with E-state index >= 15 is 0 Å². The molecular weight excluding hydrogens is 258 g/mol. The van der Waals surface area contributed by atoms with Gasteiger partial charge in [-0.25, -0.2) is 4.98 Å². The van der Waals surface area contributed by atoms with Crippen LogP contribution in [0, 0.1) is 5.41 Å². The second-order valence-corrected chi connectivity index (χ2v) is 5.92. The molecule has 0 spiro atoms. The molecule has 3 nitrogen and oxygen atoms in total. The first-order chi connectivity index (χ1) is 9.31. The average Bonchev–Trinajstić information content (AvgIpc) is 2.89. The molecule has 0 unspecified atom stereocenters. The highest BCUT2D eigenvalue weighted by atomic mass is 35.5. The molecule has 19 heavy (non-hydrogen) atoms. The fourth-order valence-electron chi connectivity index (χ4n) is 2.97. The molecule has 1 saturated carbocycles. The monoisotopic (exact) mass is 277 g/mol. The van der Waals surface area contributed by atoms with Crippen molar-refractivity contribution < 1.29 is 0 Å². The van der Waals surface area contributed by atoms with E-state index in [1.165, 1.54) is 32.1 Å². The van der Waals surface area contributed by atoms with Crippen LogP contribution >= 0.6 is 11.6 Å². The van der Waals surface area contributed by atoms with Crippen molar-refractivity contribution in [2.75, 3.05) is 17.7 Å². The molecule has 0 radical (unpaired) electrons. The molecule has 2 N–H and O–H groups in total. The van der Waals surface area contributed by atoms with Crippen LogP contribution in [0.4, 0.5) is 5.95 Å². The Morgan fingerprint density at radius 3 is 2.74 bits per heavy atom. The Kier molecular flexibility index (Phi) is 3.65. The zero-order valence-electron chi connectivity index (χ0n) is 11.1. The lowest BCUT2D eigenvalue weighted by molar-refractivity contribution is 0.237. The highest BCUT2D eigenvalue weighted by Crippen LogP contribution is 2.37. The number of aromatic nitrogens is 2. The van der Waals surface area contributed by atoms with E-state index in [4.69, 9.17) is 11.6 Å². The van der Waals surface area contributed by atoms with E-state index < -0.39 is 0 Å². The number of nitrogens with one attached hydrogen (secondary N) is 2. The SMILES string of the molecule is ClCC1(CNc2nc3ccccc3[nH]2)CCCCC1. The van der Waals surface area contributed by atoms with Crippen molar-refractivity contribution in [3.63, 3.8) is 0 Å². The van der Waals surface area contributed by atoms with Crippen molar-refractivity contribution in [2.45, 2.75) is 32.1 Å². The van der Waals surface area contributed by atoms with Crippen LogP contribution in [0.5, 0.6) is 0 Å². The predicted octanol–water partition coefficient (Wildman–Crippen LogP) is 4.16. The predicted molar refractivity (Wildman–Crippen MR) is 80.8 cm³/mol. The smallest absolute Gasteiger partial charge is 0.201 e. The Hall–Kier alpha value is -1.22. The number of para-hydroxylation sites is 2. The summed E-state index contributed by atoms with van der Waals surface area (Å²) in [6.45, 7) is 0.913. The van der Waals surface area contributed by atoms with Gasteiger partial charge in [-0.15, -0.1) is 11.6 Å². The van der Waals surface area contributed by atoms with E-state index in [2.05, 4.69) is 15.3 Å². The van der Waals surface area contributed by atoms with Gasteiger partial charge in [-0.2, -0.15) is 0 Å². The lowest BCUT2D eigenvalue weighted by Crippen LogP contribution is -2.34. The van der Waals surface area contributed by atoms with E-state index in [-0.39, 0.29) is 5.41 Å². The Morgan fingerprint density at radius 2 is 2.00 bits per heavy atom. The largest absolute Gasteiger partial charge is 0.355 e. The average molecular weight is 278 g/mol. The quantitative estimate of drug-likeness (QED) is 0.824. The number of hydrogen-bond donors (Lipinski definition) is 2. The summed E-state index contributed by atoms with van der Waals surface area (Å²) in [5.74, 6) is 1.59. The van der Waals surface area contributed by atoms with Crippen LogP contribution < -0.4 is 5.32 Å². The van der Waals surface area contributed by atoms with Crippen LogP contribution in [0.1, 0.15) is 32.1 Å². The number of alkyl halides is 1. The Bertz CT molecular complexity index is 510. The molecule has 3 rings (SSSR count). The molecule has 0 bridgehead atoms. The van der Waals surface area contributed by atoms with Crippen LogP contribution in [0.2, 0.25) is 0 Å². The highest BCUT2D eigenvalue weighted by molar-refractivity contribution is 6.18. The van der Waals surface area contributed by atoms with Crippen LogP contribution in [0.3, 0.4) is 0 Å². The van der Waals surface area contributed by atoms with Gasteiger partial charge < -0.3 is 10.3 Å². The van der Waals surface area contributed by atoms with Gasteiger partial charge in [0.2, 0.25) is 5.95 Å². The normalized spacial score (nSPS) is 18.6. The van der Waals surface area contributed by atoms with Crippen molar-refractivity contribution in [3.05, 3.63) is 24.3 Å². The Labute approximate surface area is 118 Å². The van der Waals surface area contributed by atoms with Gasteiger partial charge in [0.1, 0.15) is 0 Å². The van der Waals surface area contributed by atoms with Crippen molar-refractivity contribution >= 4 is 28.6 Å². The molecule has 1 aromatic carbocycles. The van der Waals surface area contributed by atoms with Crippen molar-refractivity contribution in [2.24, 2.45) is 5.41 Å². The van der Waals surface area contributed by atoms with Crippen molar-refractivity contribution in [3.8, 4) is 0 Å². The molecule has 4 heteroatoms. The van der Waals surface area contributed by atoms with Gasteiger partial charge in [-0.1, -0.05) is 31.4 Å². The molecule has 1 heterocycles. The summed E-state index contributed by atoms with van der Waals surface area (Å²) >= 11 is 6.21. The van der Waals surface area contributed by atoms with Gasteiger partial charge in [0.05, 0.1) is 11.0 Å². The lowest BCUT2D eigenvalue weighted by Gasteiger charge is -2.35. The molecule has 1 aliphatic carbocycles. The molecule has 0 aliphatic heterocycles. The number of anilines is 1. The Balaban J connectivity index is 1.70. The molecular formula is C15H20ClN3. The van der Waals surface area contributed by atoms with Crippen LogP contribution in [0.15, 0.2) is 24.3 Å². The number of hydrogen-bond acceptors (Lipinski definition) is 2. The second-order valence-electron chi connectivity index (χ2n) is 5.65. The molecule has 102 valence electrons. The zero-order valence-corrected chi connectivity index (χ0v) is 11.8. The molecule has 1 fully saturated rings. The zero-order chi connectivity index (χ0) is 13.1. The fraction of sp³-hybridized carbons (Fsp3) is 0.533. The number of aromatic amines is 1. The van der Waals surface area contributed by atoms with Gasteiger partial charge in [0.15, 0.2) is 0 Å².